The van der Waals surface area contributed by atoms with E-state index in [4.69, 9.17) is 19.5 Å². The lowest BCUT2D eigenvalue weighted by Crippen LogP contribution is -2.54. The van der Waals surface area contributed by atoms with Gasteiger partial charge in [0.15, 0.2) is 0 Å². The number of aromatic amines is 1. The number of nitrogens with one attached hydrogen (secondary N) is 3. The van der Waals surface area contributed by atoms with E-state index >= 15 is 0 Å². The molecule has 3 aliphatic heterocycles. The molecule has 3 N–H and O–H groups in total. The fourth-order valence-corrected chi connectivity index (χ4v) is 14.0. The Labute approximate surface area is 364 Å². The first kappa shape index (κ1) is 41.8. The van der Waals surface area contributed by atoms with E-state index in [1.165, 1.54) is 25.2 Å². The summed E-state index contributed by atoms with van der Waals surface area (Å²) in [5.41, 5.74) is 7.29. The summed E-state index contributed by atoms with van der Waals surface area (Å²) in [6.07, 6.45) is 11.9. The van der Waals surface area contributed by atoms with Gasteiger partial charge in [-0.05, 0) is 102 Å². The Balaban J connectivity index is 0.889. The van der Waals surface area contributed by atoms with Gasteiger partial charge < -0.3 is 34.9 Å². The number of benzene rings is 3. The van der Waals surface area contributed by atoms with Crippen molar-refractivity contribution in [3.05, 3.63) is 72.2 Å². The quantitative estimate of drug-likeness (QED) is 0.135. The number of carbonyl (C=O) groups is 4. The van der Waals surface area contributed by atoms with E-state index in [-0.39, 0.29) is 35.7 Å². The van der Waals surface area contributed by atoms with Gasteiger partial charge in [-0.25, -0.2) is 14.6 Å². The number of fused-ring (bicyclic) bond motifs is 3. The number of carbonyl (C=O) groups excluding carboxylic acids is 4. The van der Waals surface area contributed by atoms with Gasteiger partial charge in [0, 0.05) is 24.8 Å². The number of hydrogen-bond acceptors (Lipinski definition) is 8. The molecule has 4 atom stereocenters. The van der Waals surface area contributed by atoms with Crippen LogP contribution in [0.1, 0.15) is 81.6 Å². The number of alkyl carbamates (subject to hydrolysis) is 2. The molecule has 14 heteroatoms. The Morgan fingerprint density at radius 3 is 2.00 bits per heavy atom. The molecular formula is C48H59N7O6Si. The lowest BCUT2D eigenvalue weighted by molar-refractivity contribution is -0.135. The highest BCUT2D eigenvalue weighted by atomic mass is 28.3. The fraction of sp³-hybridized carbons (Fsp3) is 0.500. The first-order valence-corrected chi connectivity index (χ1v) is 26.0. The van der Waals surface area contributed by atoms with E-state index in [0.717, 1.165) is 115 Å². The van der Waals surface area contributed by atoms with Gasteiger partial charge in [0.2, 0.25) is 11.8 Å². The molecule has 1 aromatic heterocycles. The van der Waals surface area contributed by atoms with Crippen molar-refractivity contribution in [3.63, 3.8) is 0 Å². The number of rotatable bonds is 10. The molecule has 4 heterocycles. The number of ether oxygens (including phenoxy) is 2. The van der Waals surface area contributed by atoms with Crippen LogP contribution in [-0.4, -0.2) is 103 Å². The van der Waals surface area contributed by atoms with Gasteiger partial charge in [-0.15, -0.1) is 0 Å². The zero-order valence-corrected chi connectivity index (χ0v) is 37.4. The molecule has 13 nitrogen and oxygen atoms in total. The molecule has 326 valence electrons. The average molecular weight is 858 g/mol. The minimum Gasteiger partial charge on any atom is -0.453 e. The van der Waals surface area contributed by atoms with Crippen molar-refractivity contribution >= 4 is 54.2 Å². The highest BCUT2D eigenvalue weighted by Crippen LogP contribution is 2.41. The molecule has 4 aromatic rings. The predicted octanol–water partition coefficient (Wildman–Crippen LogP) is 8.48. The molecule has 62 heavy (non-hydrogen) atoms. The highest BCUT2D eigenvalue weighted by molar-refractivity contribution is 6.78. The fourth-order valence-electron chi connectivity index (χ4n) is 11.1. The third-order valence-electron chi connectivity index (χ3n) is 14.3. The lowest BCUT2D eigenvalue weighted by atomic mass is 9.94. The Morgan fingerprint density at radius 1 is 0.742 bits per heavy atom. The molecule has 2 aliphatic carbocycles. The van der Waals surface area contributed by atoms with Crippen LogP contribution in [0.3, 0.4) is 0 Å². The topological polar surface area (TPSA) is 158 Å². The molecule has 0 bridgehead atoms. The summed E-state index contributed by atoms with van der Waals surface area (Å²) in [7, 11) is 0.932. The summed E-state index contributed by atoms with van der Waals surface area (Å²) in [6.45, 7) is 5.29. The molecule has 0 unspecified atom stereocenters. The second-order valence-electron chi connectivity index (χ2n) is 18.9. The third-order valence-corrected chi connectivity index (χ3v) is 17.0. The molecule has 0 radical (unpaired) electrons. The Kier molecular flexibility index (Phi) is 11.7. The molecule has 2 saturated carbocycles. The second-order valence-corrected chi connectivity index (χ2v) is 23.9. The maximum Gasteiger partial charge on any atom is 0.407 e. The van der Waals surface area contributed by atoms with Crippen molar-refractivity contribution in [1.82, 2.24) is 30.4 Å². The van der Waals surface area contributed by atoms with Gasteiger partial charge in [0.25, 0.3) is 0 Å². The largest absolute Gasteiger partial charge is 0.453 e. The van der Waals surface area contributed by atoms with E-state index in [1.54, 1.807) is 0 Å². The zero-order valence-electron chi connectivity index (χ0n) is 36.4. The van der Waals surface area contributed by atoms with Crippen molar-refractivity contribution < 1.29 is 28.7 Å². The molecule has 0 spiro atoms. The minimum absolute atomic E-state index is 0.0197. The van der Waals surface area contributed by atoms with Crippen molar-refractivity contribution in [3.8, 4) is 22.4 Å². The second kappa shape index (κ2) is 17.3. The number of aliphatic imine (C=N–C) groups is 1. The number of aromatic nitrogens is 2. The maximum absolute atomic E-state index is 14.2. The average Bonchev–Trinajstić information content (AvgIpc) is 4.14. The number of amides is 4. The van der Waals surface area contributed by atoms with Crippen molar-refractivity contribution in [2.45, 2.75) is 114 Å². The highest BCUT2D eigenvalue weighted by Gasteiger charge is 2.47. The van der Waals surface area contributed by atoms with Crippen LogP contribution >= 0.6 is 0 Å². The smallest absolute Gasteiger partial charge is 0.407 e. The van der Waals surface area contributed by atoms with E-state index in [2.05, 4.69) is 83.3 Å². The van der Waals surface area contributed by atoms with Gasteiger partial charge >= 0.3 is 12.2 Å². The van der Waals surface area contributed by atoms with Crippen LogP contribution in [0.4, 0.5) is 15.3 Å². The molecule has 9 rings (SSSR count). The van der Waals surface area contributed by atoms with Crippen LogP contribution in [0.5, 0.6) is 0 Å². The van der Waals surface area contributed by atoms with Crippen molar-refractivity contribution in [1.29, 1.82) is 0 Å². The summed E-state index contributed by atoms with van der Waals surface area (Å²) in [4.78, 5) is 70.5. The molecule has 5 aliphatic rings. The van der Waals surface area contributed by atoms with Crippen LogP contribution in [0.25, 0.3) is 33.2 Å². The first-order valence-electron chi connectivity index (χ1n) is 22.6. The number of nitrogens with zero attached hydrogens (tertiary/aromatic N) is 4. The number of likely N-dealkylation sites (tertiary alicyclic amines) is 1. The van der Waals surface area contributed by atoms with E-state index in [0.29, 0.717) is 19.1 Å². The Bertz CT molecular complexity index is 2380. The standard InChI is InChI=1S/C48H59N7O6Si/c1-60-47(58)52-42(31-10-5-6-11-31)45(56)54-23-9-14-40(54)38-25-36-35-21-19-33(24-34(35)20-22-37(36)50-38)29-15-17-30(18-16-29)39-26-49-44(51-39)41-27-62(3,4)28-55(41)46(57)43(53-48(59)61-2)32-12-7-8-13-32/h15-22,24,26,31-32,40-43H,5-14,23,25,27-28H2,1-4H3,(H,49,51)(H,52,58)(H,53,59)/t40-,41-,42-,43-/m0/s1. The summed E-state index contributed by atoms with van der Waals surface area (Å²) >= 11 is 0. The van der Waals surface area contributed by atoms with Crippen LogP contribution in [0.2, 0.25) is 19.1 Å². The van der Waals surface area contributed by atoms with Gasteiger partial charge in [0.1, 0.15) is 17.9 Å². The third kappa shape index (κ3) is 8.25. The van der Waals surface area contributed by atoms with Crippen molar-refractivity contribution in [2.75, 3.05) is 26.9 Å². The minimum atomic E-state index is -1.75. The lowest BCUT2D eigenvalue weighted by Gasteiger charge is -2.31. The Hall–Kier alpha value is -5.50. The van der Waals surface area contributed by atoms with Crippen molar-refractivity contribution in [2.24, 2.45) is 16.8 Å². The number of methoxy groups -OCH3 is 2. The molecule has 2 saturated heterocycles. The summed E-state index contributed by atoms with van der Waals surface area (Å²) in [5, 5.41) is 8.08. The molecule has 3 aromatic carbocycles. The normalized spacial score (nSPS) is 22.1. The summed E-state index contributed by atoms with van der Waals surface area (Å²) in [5.74, 6) is 0.956. The van der Waals surface area contributed by atoms with Crippen LogP contribution in [0, 0.1) is 11.8 Å². The van der Waals surface area contributed by atoms with Crippen LogP contribution in [-0.2, 0) is 25.5 Å². The monoisotopic (exact) mass is 857 g/mol. The zero-order chi connectivity index (χ0) is 43.1. The summed E-state index contributed by atoms with van der Waals surface area (Å²) < 4.78 is 9.84. The molecule has 4 amide bonds. The predicted molar refractivity (Wildman–Crippen MR) is 242 cm³/mol. The first-order chi connectivity index (χ1) is 30.0. The van der Waals surface area contributed by atoms with Gasteiger partial charge in [0.05, 0.1) is 52.0 Å². The summed E-state index contributed by atoms with van der Waals surface area (Å²) in [6, 6.07) is 18.8. The molecular weight excluding hydrogens is 799 g/mol. The SMILES string of the molecule is COC(=O)N[C@H](C(=O)N1CCC[C@H]1C1=Nc2ccc3cc(-c4ccc(-c5cnc([C@@H]6C[Si](C)(C)CN6C(=O)[C@@H](NC(=O)OC)C6CCCC6)[nH]5)cc4)ccc3c2C1)C1CCCC1. The van der Waals surface area contributed by atoms with Crippen LogP contribution in [0.15, 0.2) is 65.8 Å². The van der Waals surface area contributed by atoms with Gasteiger partial charge in [-0.2, -0.15) is 0 Å². The van der Waals surface area contributed by atoms with E-state index in [1.807, 2.05) is 16.0 Å². The van der Waals surface area contributed by atoms with Gasteiger partial charge in [-0.1, -0.05) is 81.2 Å². The maximum atomic E-state index is 14.2. The molecule has 4 fully saturated rings. The number of imidazole rings is 1. The van der Waals surface area contributed by atoms with E-state index in [9.17, 15) is 19.2 Å². The number of hydrogen-bond donors (Lipinski definition) is 3. The number of H-pyrrole nitrogens is 1. The van der Waals surface area contributed by atoms with E-state index < -0.39 is 32.3 Å². The van der Waals surface area contributed by atoms with Gasteiger partial charge in [-0.3, -0.25) is 14.6 Å². The van der Waals surface area contributed by atoms with Crippen LogP contribution < -0.4 is 10.6 Å². The Morgan fingerprint density at radius 2 is 1.35 bits per heavy atom.